The molecular weight excluding hydrogens is 338 g/mol. The van der Waals surface area contributed by atoms with E-state index in [2.05, 4.69) is 10.6 Å². The molecule has 132 valence electrons. The predicted molar refractivity (Wildman–Crippen MR) is 99.3 cm³/mol. The molecule has 2 aromatic rings. The lowest BCUT2D eigenvalue weighted by atomic mass is 9.98. The van der Waals surface area contributed by atoms with Gasteiger partial charge in [-0.2, -0.15) is 0 Å². The van der Waals surface area contributed by atoms with Gasteiger partial charge in [-0.05, 0) is 36.1 Å². The minimum atomic E-state index is -0.545. The summed E-state index contributed by atoms with van der Waals surface area (Å²) in [5.41, 5.74) is 6.98. The number of nitrogens with one attached hydrogen (secondary N) is 2. The summed E-state index contributed by atoms with van der Waals surface area (Å²) < 4.78 is 0. The molecule has 0 aliphatic carbocycles. The third-order valence-electron chi connectivity index (χ3n) is 3.77. The SMILES string of the molecule is NC(=O)NCCCCC(=O)NC(c1ccccc1)c1ccc(Cl)cc1. The molecule has 0 aliphatic heterocycles. The highest BCUT2D eigenvalue weighted by Gasteiger charge is 2.16. The second kappa shape index (κ2) is 9.69. The van der Waals surface area contributed by atoms with Crippen molar-refractivity contribution in [2.75, 3.05) is 6.54 Å². The van der Waals surface area contributed by atoms with Gasteiger partial charge in [-0.25, -0.2) is 4.79 Å². The van der Waals surface area contributed by atoms with Crippen molar-refractivity contribution < 1.29 is 9.59 Å². The van der Waals surface area contributed by atoms with E-state index in [0.717, 1.165) is 11.1 Å². The lowest BCUT2D eigenvalue weighted by molar-refractivity contribution is -0.121. The number of unbranched alkanes of at least 4 members (excludes halogenated alkanes) is 1. The van der Waals surface area contributed by atoms with E-state index in [4.69, 9.17) is 17.3 Å². The van der Waals surface area contributed by atoms with Crippen molar-refractivity contribution in [3.8, 4) is 0 Å². The Labute approximate surface area is 152 Å². The van der Waals surface area contributed by atoms with E-state index in [0.29, 0.717) is 30.8 Å². The molecular formula is C19H22ClN3O2. The van der Waals surface area contributed by atoms with Gasteiger partial charge in [0.05, 0.1) is 6.04 Å². The molecule has 0 heterocycles. The molecule has 0 aromatic heterocycles. The van der Waals surface area contributed by atoms with Crippen LogP contribution in [0.1, 0.15) is 36.4 Å². The average molecular weight is 360 g/mol. The van der Waals surface area contributed by atoms with E-state index in [1.807, 2.05) is 54.6 Å². The lowest BCUT2D eigenvalue weighted by Crippen LogP contribution is -2.31. The monoisotopic (exact) mass is 359 g/mol. The van der Waals surface area contributed by atoms with Crippen LogP contribution in [-0.4, -0.2) is 18.5 Å². The number of nitrogens with two attached hydrogens (primary N) is 1. The predicted octanol–water partition coefficient (Wildman–Crippen LogP) is 3.38. The van der Waals surface area contributed by atoms with Crippen LogP contribution in [0.4, 0.5) is 4.79 Å². The van der Waals surface area contributed by atoms with E-state index in [1.165, 1.54) is 0 Å². The topological polar surface area (TPSA) is 84.2 Å². The Hall–Kier alpha value is -2.53. The third kappa shape index (κ3) is 6.47. The fourth-order valence-electron chi connectivity index (χ4n) is 2.52. The van der Waals surface area contributed by atoms with Crippen molar-refractivity contribution >= 4 is 23.5 Å². The zero-order chi connectivity index (χ0) is 18.1. The van der Waals surface area contributed by atoms with Crippen LogP contribution >= 0.6 is 11.6 Å². The van der Waals surface area contributed by atoms with Crippen LogP contribution in [0.3, 0.4) is 0 Å². The number of carbonyl (C=O) groups is 2. The van der Waals surface area contributed by atoms with E-state index >= 15 is 0 Å². The van der Waals surface area contributed by atoms with E-state index < -0.39 is 6.03 Å². The highest BCUT2D eigenvalue weighted by molar-refractivity contribution is 6.30. The average Bonchev–Trinajstić information content (AvgIpc) is 2.61. The molecule has 1 unspecified atom stereocenters. The van der Waals surface area contributed by atoms with E-state index in [9.17, 15) is 9.59 Å². The second-order valence-corrected chi connectivity index (χ2v) is 6.15. The number of hydrogen-bond donors (Lipinski definition) is 3. The van der Waals surface area contributed by atoms with Crippen LogP contribution in [0.15, 0.2) is 54.6 Å². The molecule has 4 N–H and O–H groups in total. The number of amides is 3. The number of primary amides is 1. The molecule has 1 atom stereocenters. The number of carbonyl (C=O) groups excluding carboxylic acids is 2. The Morgan fingerprint density at radius 2 is 1.60 bits per heavy atom. The Kier molecular flexibility index (Phi) is 7.29. The van der Waals surface area contributed by atoms with Gasteiger partial charge in [0, 0.05) is 18.0 Å². The fraction of sp³-hybridized carbons (Fsp3) is 0.263. The summed E-state index contributed by atoms with van der Waals surface area (Å²) in [5.74, 6) is -0.0390. The van der Waals surface area contributed by atoms with Crippen LogP contribution in [0.25, 0.3) is 0 Å². The third-order valence-corrected chi connectivity index (χ3v) is 4.02. The summed E-state index contributed by atoms with van der Waals surface area (Å²) in [4.78, 5) is 22.9. The Balaban J connectivity index is 1.98. The highest BCUT2D eigenvalue weighted by atomic mass is 35.5. The smallest absolute Gasteiger partial charge is 0.312 e. The lowest BCUT2D eigenvalue weighted by Gasteiger charge is -2.20. The molecule has 0 bridgehead atoms. The van der Waals surface area contributed by atoms with Gasteiger partial charge in [-0.1, -0.05) is 54.1 Å². The summed E-state index contributed by atoms with van der Waals surface area (Å²) in [6.07, 6.45) is 1.76. The molecule has 0 fully saturated rings. The summed E-state index contributed by atoms with van der Waals surface area (Å²) in [7, 11) is 0. The molecule has 0 aliphatic rings. The molecule has 25 heavy (non-hydrogen) atoms. The van der Waals surface area contributed by atoms with Gasteiger partial charge in [-0.15, -0.1) is 0 Å². The number of benzene rings is 2. The molecule has 0 saturated heterocycles. The van der Waals surface area contributed by atoms with E-state index in [1.54, 1.807) is 0 Å². The molecule has 0 saturated carbocycles. The van der Waals surface area contributed by atoms with Gasteiger partial charge in [-0.3, -0.25) is 4.79 Å². The molecule has 3 amide bonds. The van der Waals surface area contributed by atoms with Crippen molar-refractivity contribution in [2.24, 2.45) is 5.73 Å². The second-order valence-electron chi connectivity index (χ2n) is 5.71. The number of hydrogen-bond acceptors (Lipinski definition) is 2. The summed E-state index contributed by atoms with van der Waals surface area (Å²) >= 11 is 5.96. The van der Waals surface area contributed by atoms with Crippen LogP contribution in [0.2, 0.25) is 5.02 Å². The largest absolute Gasteiger partial charge is 0.352 e. The van der Waals surface area contributed by atoms with Crippen molar-refractivity contribution in [3.05, 3.63) is 70.7 Å². The molecule has 2 rings (SSSR count). The van der Waals surface area contributed by atoms with Gasteiger partial charge < -0.3 is 16.4 Å². The first-order valence-electron chi connectivity index (χ1n) is 8.19. The zero-order valence-electron chi connectivity index (χ0n) is 13.9. The van der Waals surface area contributed by atoms with Crippen LogP contribution in [0, 0.1) is 0 Å². The standard InChI is InChI=1S/C19H22ClN3O2/c20-16-11-9-15(10-12-16)18(14-6-2-1-3-7-14)23-17(24)8-4-5-13-22-19(21)25/h1-3,6-7,9-12,18H,4-5,8,13H2,(H,23,24)(H3,21,22,25). The van der Waals surface area contributed by atoms with Gasteiger partial charge in [0.1, 0.15) is 0 Å². The van der Waals surface area contributed by atoms with Gasteiger partial charge >= 0.3 is 6.03 Å². The summed E-state index contributed by atoms with van der Waals surface area (Å²) in [5, 5.41) is 6.24. The van der Waals surface area contributed by atoms with Crippen molar-refractivity contribution in [3.63, 3.8) is 0 Å². The molecule has 0 radical (unpaired) electrons. The number of rotatable bonds is 8. The maximum Gasteiger partial charge on any atom is 0.312 e. The minimum absolute atomic E-state index is 0.0390. The maximum absolute atomic E-state index is 12.3. The van der Waals surface area contributed by atoms with Gasteiger partial charge in [0.2, 0.25) is 5.91 Å². The Morgan fingerprint density at radius 3 is 2.24 bits per heavy atom. The van der Waals surface area contributed by atoms with Crippen molar-refractivity contribution in [1.82, 2.24) is 10.6 Å². The summed E-state index contributed by atoms with van der Waals surface area (Å²) in [6.45, 7) is 0.474. The zero-order valence-corrected chi connectivity index (χ0v) is 14.6. The number of halogens is 1. The fourth-order valence-corrected chi connectivity index (χ4v) is 2.64. The first-order chi connectivity index (χ1) is 12.1. The Morgan fingerprint density at radius 1 is 0.960 bits per heavy atom. The highest BCUT2D eigenvalue weighted by Crippen LogP contribution is 2.23. The first kappa shape index (κ1) is 18.8. The minimum Gasteiger partial charge on any atom is -0.352 e. The van der Waals surface area contributed by atoms with Gasteiger partial charge in [0.25, 0.3) is 0 Å². The molecule has 0 spiro atoms. The van der Waals surface area contributed by atoms with Crippen molar-refractivity contribution in [2.45, 2.75) is 25.3 Å². The molecule has 6 heteroatoms. The van der Waals surface area contributed by atoms with Crippen LogP contribution in [-0.2, 0) is 4.79 Å². The van der Waals surface area contributed by atoms with Crippen LogP contribution in [0.5, 0.6) is 0 Å². The summed E-state index contributed by atoms with van der Waals surface area (Å²) in [6, 6.07) is 16.5. The molecule has 2 aromatic carbocycles. The number of urea groups is 1. The van der Waals surface area contributed by atoms with Crippen LogP contribution < -0.4 is 16.4 Å². The maximum atomic E-state index is 12.3. The molecule has 5 nitrogen and oxygen atoms in total. The normalized spacial score (nSPS) is 11.6. The first-order valence-corrected chi connectivity index (χ1v) is 8.57. The quantitative estimate of drug-likeness (QED) is 0.631. The van der Waals surface area contributed by atoms with Crippen molar-refractivity contribution in [1.29, 1.82) is 0 Å². The van der Waals surface area contributed by atoms with Gasteiger partial charge in [0.15, 0.2) is 0 Å². The Bertz CT molecular complexity index is 690. The van der Waals surface area contributed by atoms with E-state index in [-0.39, 0.29) is 11.9 Å².